The molecule has 0 radical (unpaired) electrons. The molecule has 0 saturated carbocycles. The normalized spacial score (nSPS) is 12.2. The summed E-state index contributed by atoms with van der Waals surface area (Å²) < 4.78 is 16.0. The quantitative estimate of drug-likeness (QED) is 0.511. The van der Waals surface area contributed by atoms with Gasteiger partial charge >= 0.3 is 0 Å². The Morgan fingerprint density at radius 2 is 1.79 bits per heavy atom. The van der Waals surface area contributed by atoms with Gasteiger partial charge in [-0.05, 0) is 35.7 Å². The molecule has 5 heteroatoms. The van der Waals surface area contributed by atoms with Crippen LogP contribution in [0.5, 0.6) is 0 Å². The lowest BCUT2D eigenvalue weighted by Crippen LogP contribution is -2.13. The van der Waals surface area contributed by atoms with Gasteiger partial charge in [0.05, 0.1) is 10.2 Å². The van der Waals surface area contributed by atoms with Gasteiger partial charge in [-0.1, -0.05) is 41.7 Å². The van der Waals surface area contributed by atoms with Gasteiger partial charge in [-0.25, -0.2) is 4.39 Å². The van der Waals surface area contributed by atoms with Crippen LogP contribution in [0.1, 0.15) is 10.4 Å². The molecule has 1 heterocycles. The van der Waals surface area contributed by atoms with E-state index in [9.17, 15) is 9.18 Å². The molecule has 0 atom stereocenters. The van der Waals surface area contributed by atoms with Crippen LogP contribution in [-0.2, 0) is 7.05 Å². The summed E-state index contributed by atoms with van der Waals surface area (Å²) in [6, 6.07) is 17.7. The molecule has 0 saturated heterocycles. The van der Waals surface area contributed by atoms with Crippen LogP contribution in [0.15, 0.2) is 65.7 Å². The predicted molar refractivity (Wildman–Crippen MR) is 94.6 cm³/mol. The maximum atomic E-state index is 13.0. The van der Waals surface area contributed by atoms with Gasteiger partial charge < -0.3 is 4.57 Å². The van der Waals surface area contributed by atoms with Crippen LogP contribution in [0.25, 0.3) is 21.0 Å². The number of hydrogen-bond donors (Lipinski definition) is 0. The Morgan fingerprint density at radius 3 is 2.58 bits per heavy atom. The first-order chi connectivity index (χ1) is 11.6. The molecule has 3 aromatic carbocycles. The van der Waals surface area contributed by atoms with E-state index in [1.165, 1.54) is 35.6 Å². The summed E-state index contributed by atoms with van der Waals surface area (Å²) in [6.45, 7) is 0. The fourth-order valence-corrected chi connectivity index (χ4v) is 3.80. The summed E-state index contributed by atoms with van der Waals surface area (Å²) in [4.78, 5) is 17.2. The molecule has 0 aliphatic carbocycles. The number of carbonyl (C=O) groups is 1. The Labute approximate surface area is 141 Å². The second-order valence-corrected chi connectivity index (χ2v) is 6.51. The second-order valence-electron chi connectivity index (χ2n) is 5.50. The summed E-state index contributed by atoms with van der Waals surface area (Å²) in [7, 11) is 1.90. The average Bonchev–Trinajstić information content (AvgIpc) is 2.92. The van der Waals surface area contributed by atoms with Crippen molar-refractivity contribution in [3.63, 3.8) is 0 Å². The zero-order chi connectivity index (χ0) is 16.7. The summed E-state index contributed by atoms with van der Waals surface area (Å²) in [5.41, 5.74) is 1.43. The van der Waals surface area contributed by atoms with E-state index in [-0.39, 0.29) is 11.7 Å². The number of hydrogen-bond acceptors (Lipinski definition) is 2. The van der Waals surface area contributed by atoms with Crippen LogP contribution in [0, 0.1) is 5.82 Å². The molecule has 4 aromatic rings. The highest BCUT2D eigenvalue weighted by Crippen LogP contribution is 2.26. The Bertz CT molecular complexity index is 1140. The molecule has 0 fully saturated rings. The minimum Gasteiger partial charge on any atom is -0.319 e. The minimum atomic E-state index is -0.374. The molecule has 3 nitrogen and oxygen atoms in total. The van der Waals surface area contributed by atoms with Gasteiger partial charge in [-0.15, -0.1) is 0 Å². The third-order valence-electron chi connectivity index (χ3n) is 3.98. The number of rotatable bonds is 1. The van der Waals surface area contributed by atoms with Crippen molar-refractivity contribution in [3.05, 3.63) is 76.8 Å². The molecule has 0 bridgehead atoms. The Balaban J connectivity index is 1.91. The lowest BCUT2D eigenvalue weighted by Gasteiger charge is -2.01. The Morgan fingerprint density at radius 1 is 1.04 bits per heavy atom. The van der Waals surface area contributed by atoms with E-state index in [1.807, 2.05) is 29.8 Å². The monoisotopic (exact) mass is 336 g/mol. The van der Waals surface area contributed by atoms with Crippen LogP contribution in [0.3, 0.4) is 0 Å². The fraction of sp³-hybridized carbons (Fsp3) is 0.0526. The maximum absolute atomic E-state index is 13.0. The van der Waals surface area contributed by atoms with Gasteiger partial charge in [-0.2, -0.15) is 4.99 Å². The van der Waals surface area contributed by atoms with Gasteiger partial charge in [0.1, 0.15) is 5.82 Å². The van der Waals surface area contributed by atoms with E-state index < -0.39 is 0 Å². The number of benzene rings is 3. The maximum Gasteiger partial charge on any atom is 0.279 e. The summed E-state index contributed by atoms with van der Waals surface area (Å²) >= 11 is 1.47. The molecule has 4 rings (SSSR count). The number of aromatic nitrogens is 1. The minimum absolute atomic E-state index is 0.370. The standard InChI is InChI=1S/C19H13FN2OS/c1-22-17-15-5-3-2-4-12(15)8-11-16(17)24-19(22)21-18(23)13-6-9-14(20)10-7-13/h2-11H,1H3. The predicted octanol–water partition coefficient (Wildman–Crippen LogP) is 4.27. The fourth-order valence-electron chi connectivity index (χ4n) is 2.77. The number of carbonyl (C=O) groups excluding carboxylic acids is 1. The number of thiazole rings is 1. The highest BCUT2D eigenvalue weighted by atomic mass is 32.1. The molecule has 0 N–H and O–H groups in total. The zero-order valence-electron chi connectivity index (χ0n) is 12.9. The van der Waals surface area contributed by atoms with Crippen molar-refractivity contribution >= 4 is 38.2 Å². The number of amides is 1. The average molecular weight is 336 g/mol. The van der Waals surface area contributed by atoms with Crippen molar-refractivity contribution in [2.75, 3.05) is 0 Å². The molecule has 1 amide bonds. The molecule has 0 aliphatic rings. The third-order valence-corrected chi connectivity index (χ3v) is 5.07. The molecule has 1 aromatic heterocycles. The van der Waals surface area contributed by atoms with Crippen LogP contribution in [-0.4, -0.2) is 10.5 Å². The van der Waals surface area contributed by atoms with Gasteiger partial charge in [0.15, 0.2) is 4.80 Å². The van der Waals surface area contributed by atoms with E-state index in [4.69, 9.17) is 0 Å². The van der Waals surface area contributed by atoms with E-state index >= 15 is 0 Å². The third kappa shape index (κ3) is 2.43. The topological polar surface area (TPSA) is 34.4 Å². The molecule has 24 heavy (non-hydrogen) atoms. The first kappa shape index (κ1) is 14.8. The van der Waals surface area contributed by atoms with Crippen molar-refractivity contribution in [3.8, 4) is 0 Å². The van der Waals surface area contributed by atoms with Gasteiger partial charge in [0, 0.05) is 18.0 Å². The van der Waals surface area contributed by atoms with Crippen molar-refractivity contribution in [1.82, 2.24) is 4.57 Å². The van der Waals surface area contributed by atoms with Gasteiger partial charge in [-0.3, -0.25) is 4.79 Å². The van der Waals surface area contributed by atoms with Crippen molar-refractivity contribution in [1.29, 1.82) is 0 Å². The zero-order valence-corrected chi connectivity index (χ0v) is 13.7. The van der Waals surface area contributed by atoms with Crippen LogP contribution < -0.4 is 4.80 Å². The summed E-state index contributed by atoms with van der Waals surface area (Å²) in [5.74, 6) is -0.744. The van der Waals surface area contributed by atoms with Gasteiger partial charge in [0.25, 0.3) is 5.91 Å². The van der Waals surface area contributed by atoms with Gasteiger partial charge in [0.2, 0.25) is 0 Å². The van der Waals surface area contributed by atoms with Crippen molar-refractivity contribution in [2.45, 2.75) is 0 Å². The summed E-state index contributed by atoms with van der Waals surface area (Å²) in [6.07, 6.45) is 0. The Hall–Kier alpha value is -2.79. The number of fused-ring (bicyclic) bond motifs is 3. The second kappa shape index (κ2) is 5.69. The molecule has 118 valence electrons. The highest BCUT2D eigenvalue weighted by molar-refractivity contribution is 7.16. The smallest absolute Gasteiger partial charge is 0.279 e. The van der Waals surface area contributed by atoms with Crippen molar-refractivity contribution < 1.29 is 9.18 Å². The lowest BCUT2D eigenvalue weighted by atomic mass is 10.1. The van der Waals surface area contributed by atoms with Crippen molar-refractivity contribution in [2.24, 2.45) is 12.0 Å². The molecular formula is C19H13FN2OS. The highest BCUT2D eigenvalue weighted by Gasteiger charge is 2.09. The molecule has 0 aliphatic heterocycles. The first-order valence-electron chi connectivity index (χ1n) is 7.45. The largest absolute Gasteiger partial charge is 0.319 e. The van der Waals surface area contributed by atoms with E-state index in [2.05, 4.69) is 23.2 Å². The Kier molecular flexibility index (Phi) is 3.50. The van der Waals surface area contributed by atoms with E-state index in [0.717, 1.165) is 21.0 Å². The van der Waals surface area contributed by atoms with Crippen LogP contribution in [0.2, 0.25) is 0 Å². The van der Waals surface area contributed by atoms with E-state index in [1.54, 1.807) is 0 Å². The number of aryl methyl sites for hydroxylation is 1. The number of halogens is 1. The SMILES string of the molecule is Cn1c(=NC(=O)c2ccc(F)cc2)sc2ccc3ccccc3c21. The summed E-state index contributed by atoms with van der Waals surface area (Å²) in [5, 5.41) is 2.28. The lowest BCUT2D eigenvalue weighted by molar-refractivity contribution is 0.0998. The number of nitrogens with zero attached hydrogens (tertiary/aromatic N) is 2. The molecular weight excluding hydrogens is 323 g/mol. The molecule has 0 unspecified atom stereocenters. The van der Waals surface area contributed by atoms with Crippen LogP contribution >= 0.6 is 11.3 Å². The molecule has 0 spiro atoms. The van der Waals surface area contributed by atoms with Crippen LogP contribution in [0.4, 0.5) is 4.39 Å². The van der Waals surface area contributed by atoms with E-state index in [0.29, 0.717) is 10.4 Å². The first-order valence-corrected chi connectivity index (χ1v) is 8.27.